The van der Waals surface area contributed by atoms with Crippen molar-refractivity contribution < 1.29 is 18.7 Å². The van der Waals surface area contributed by atoms with Crippen molar-refractivity contribution >= 4 is 5.97 Å². The van der Waals surface area contributed by atoms with Gasteiger partial charge in [0.05, 0.1) is 22.9 Å². The molecule has 7 heteroatoms. The number of rotatable bonds is 3. The summed E-state index contributed by atoms with van der Waals surface area (Å²) in [4.78, 5) is 14.9. The Morgan fingerprint density at radius 1 is 1.14 bits per heavy atom. The Bertz CT molecular complexity index is 816. The molecule has 0 spiro atoms. The first-order valence-electron chi connectivity index (χ1n) is 5.92. The van der Waals surface area contributed by atoms with E-state index in [0.29, 0.717) is 11.1 Å². The van der Waals surface area contributed by atoms with Gasteiger partial charge in [0.1, 0.15) is 5.82 Å². The highest BCUT2D eigenvalue weighted by atomic mass is 19.1. The first-order valence-corrected chi connectivity index (χ1v) is 5.92. The quantitative estimate of drug-likeness (QED) is 0.795. The van der Waals surface area contributed by atoms with Crippen LogP contribution in [-0.2, 0) is 0 Å². The van der Waals surface area contributed by atoms with Gasteiger partial charge in [0.2, 0.25) is 11.8 Å². The van der Waals surface area contributed by atoms with Crippen LogP contribution in [0.1, 0.15) is 10.4 Å². The molecule has 21 heavy (non-hydrogen) atoms. The van der Waals surface area contributed by atoms with Crippen LogP contribution >= 0.6 is 0 Å². The predicted molar refractivity (Wildman–Crippen MR) is 69.9 cm³/mol. The topological polar surface area (TPSA) is 89.1 Å². The third-order valence-corrected chi connectivity index (χ3v) is 2.76. The van der Waals surface area contributed by atoms with Gasteiger partial charge in [-0.1, -0.05) is 12.1 Å². The van der Waals surface area contributed by atoms with E-state index in [9.17, 15) is 9.18 Å². The molecule has 0 saturated heterocycles. The smallest absolute Gasteiger partial charge is 0.336 e. The van der Waals surface area contributed by atoms with E-state index in [1.165, 1.54) is 18.3 Å². The maximum atomic E-state index is 13.1. The van der Waals surface area contributed by atoms with Crippen molar-refractivity contribution in [1.29, 1.82) is 0 Å². The molecule has 0 fully saturated rings. The summed E-state index contributed by atoms with van der Waals surface area (Å²) < 4.78 is 18.5. The lowest BCUT2D eigenvalue weighted by atomic mass is 10.1. The molecule has 1 N–H and O–H groups in total. The van der Waals surface area contributed by atoms with Crippen molar-refractivity contribution in [3.05, 3.63) is 54.1 Å². The Balaban J connectivity index is 2.05. The van der Waals surface area contributed by atoms with Gasteiger partial charge in [0.25, 0.3) is 0 Å². The second-order valence-electron chi connectivity index (χ2n) is 4.15. The molecule has 0 unspecified atom stereocenters. The lowest BCUT2D eigenvalue weighted by Crippen LogP contribution is -1.98. The number of hydrogen-bond donors (Lipinski definition) is 1. The lowest BCUT2D eigenvalue weighted by Gasteiger charge is -2.00. The first-order chi connectivity index (χ1) is 10.1. The van der Waals surface area contributed by atoms with E-state index in [2.05, 4.69) is 15.2 Å². The largest absolute Gasteiger partial charge is 0.478 e. The number of carboxylic acids is 1. The van der Waals surface area contributed by atoms with Gasteiger partial charge >= 0.3 is 5.97 Å². The zero-order valence-electron chi connectivity index (χ0n) is 10.5. The number of aromatic carboxylic acids is 1. The van der Waals surface area contributed by atoms with Crippen molar-refractivity contribution in [2.75, 3.05) is 0 Å². The van der Waals surface area contributed by atoms with E-state index < -0.39 is 11.8 Å². The minimum Gasteiger partial charge on any atom is -0.478 e. The highest BCUT2D eigenvalue weighted by molar-refractivity contribution is 5.94. The molecule has 0 saturated carbocycles. The van der Waals surface area contributed by atoms with Crippen LogP contribution in [0.25, 0.3) is 22.9 Å². The molecule has 0 atom stereocenters. The standard InChI is InChI=1S/C14H8FN3O3/c15-9-5-8(6-16-7-9)12-17-18-13(21-12)10-3-1-2-4-11(10)14(19)20/h1-7H,(H,19,20). The minimum atomic E-state index is -1.10. The van der Waals surface area contributed by atoms with Crippen LogP contribution in [0, 0.1) is 5.82 Å². The fourth-order valence-corrected chi connectivity index (χ4v) is 1.83. The normalized spacial score (nSPS) is 10.5. The summed E-state index contributed by atoms with van der Waals surface area (Å²) in [5, 5.41) is 16.7. The van der Waals surface area contributed by atoms with Crippen LogP contribution in [0.5, 0.6) is 0 Å². The zero-order chi connectivity index (χ0) is 14.8. The Morgan fingerprint density at radius 2 is 1.90 bits per heavy atom. The average molecular weight is 285 g/mol. The molecule has 104 valence electrons. The Labute approximate surface area is 117 Å². The summed E-state index contributed by atoms with van der Waals surface area (Å²) >= 11 is 0. The summed E-state index contributed by atoms with van der Waals surface area (Å²) in [7, 11) is 0. The molecule has 0 aliphatic rings. The number of carboxylic acid groups (broad SMARTS) is 1. The van der Waals surface area contributed by atoms with Crippen LogP contribution in [0.4, 0.5) is 4.39 Å². The number of benzene rings is 1. The molecule has 0 aliphatic heterocycles. The van der Waals surface area contributed by atoms with Crippen LogP contribution < -0.4 is 0 Å². The maximum absolute atomic E-state index is 13.1. The Morgan fingerprint density at radius 3 is 2.67 bits per heavy atom. The van der Waals surface area contributed by atoms with Crippen LogP contribution in [-0.4, -0.2) is 26.3 Å². The number of hydrogen-bond acceptors (Lipinski definition) is 5. The van der Waals surface area contributed by atoms with Crippen molar-refractivity contribution in [3.8, 4) is 22.9 Å². The van der Waals surface area contributed by atoms with Gasteiger partial charge in [-0.3, -0.25) is 4.98 Å². The van der Waals surface area contributed by atoms with Gasteiger partial charge in [0, 0.05) is 6.20 Å². The van der Waals surface area contributed by atoms with Gasteiger partial charge in [-0.05, 0) is 18.2 Å². The predicted octanol–water partition coefficient (Wildman–Crippen LogP) is 2.64. The van der Waals surface area contributed by atoms with Gasteiger partial charge in [-0.15, -0.1) is 10.2 Å². The first kappa shape index (κ1) is 12.9. The maximum Gasteiger partial charge on any atom is 0.336 e. The summed E-state index contributed by atoms with van der Waals surface area (Å²) in [5.41, 5.74) is 0.666. The van der Waals surface area contributed by atoms with Crippen molar-refractivity contribution in [1.82, 2.24) is 15.2 Å². The third-order valence-electron chi connectivity index (χ3n) is 2.76. The van der Waals surface area contributed by atoms with Gasteiger partial charge in [-0.2, -0.15) is 0 Å². The monoisotopic (exact) mass is 285 g/mol. The van der Waals surface area contributed by atoms with E-state index in [0.717, 1.165) is 6.20 Å². The highest BCUT2D eigenvalue weighted by Gasteiger charge is 2.17. The second-order valence-corrected chi connectivity index (χ2v) is 4.15. The average Bonchev–Trinajstić information content (AvgIpc) is 2.97. The number of nitrogens with zero attached hydrogens (tertiary/aromatic N) is 3. The fourth-order valence-electron chi connectivity index (χ4n) is 1.83. The molecular weight excluding hydrogens is 277 g/mol. The van der Waals surface area contributed by atoms with Crippen molar-refractivity contribution in [3.63, 3.8) is 0 Å². The van der Waals surface area contributed by atoms with Crippen molar-refractivity contribution in [2.24, 2.45) is 0 Å². The van der Waals surface area contributed by atoms with E-state index in [-0.39, 0.29) is 17.3 Å². The fraction of sp³-hybridized carbons (Fsp3) is 0. The summed E-state index contributed by atoms with van der Waals surface area (Å²) in [6, 6.07) is 7.46. The molecule has 3 rings (SSSR count). The number of carbonyl (C=O) groups is 1. The zero-order valence-corrected chi connectivity index (χ0v) is 10.5. The summed E-state index contributed by atoms with van der Waals surface area (Å²) in [6.07, 6.45) is 2.43. The molecule has 6 nitrogen and oxygen atoms in total. The molecule has 0 radical (unpaired) electrons. The Hall–Kier alpha value is -3.09. The molecule has 0 bridgehead atoms. The Kier molecular flexibility index (Phi) is 3.15. The number of halogens is 1. The van der Waals surface area contributed by atoms with Gasteiger partial charge in [-0.25, -0.2) is 9.18 Å². The number of pyridine rings is 1. The summed E-state index contributed by atoms with van der Waals surface area (Å²) in [6.45, 7) is 0. The molecule has 0 aliphatic carbocycles. The van der Waals surface area contributed by atoms with Gasteiger partial charge in [0.15, 0.2) is 0 Å². The van der Waals surface area contributed by atoms with E-state index in [4.69, 9.17) is 9.52 Å². The van der Waals surface area contributed by atoms with E-state index in [1.807, 2.05) is 0 Å². The molecule has 1 aromatic carbocycles. The molecular formula is C14H8FN3O3. The molecule has 2 aromatic heterocycles. The van der Waals surface area contributed by atoms with Crippen LogP contribution in [0.2, 0.25) is 0 Å². The lowest BCUT2D eigenvalue weighted by molar-refractivity contribution is 0.0697. The van der Waals surface area contributed by atoms with Crippen molar-refractivity contribution in [2.45, 2.75) is 0 Å². The van der Waals surface area contributed by atoms with Crippen LogP contribution in [0.3, 0.4) is 0 Å². The second kappa shape index (κ2) is 5.12. The van der Waals surface area contributed by atoms with E-state index in [1.54, 1.807) is 18.2 Å². The molecule has 2 heterocycles. The molecule has 3 aromatic rings. The number of aromatic nitrogens is 3. The van der Waals surface area contributed by atoms with E-state index >= 15 is 0 Å². The highest BCUT2D eigenvalue weighted by Crippen LogP contribution is 2.26. The summed E-state index contributed by atoms with van der Waals surface area (Å²) in [5.74, 6) is -1.51. The van der Waals surface area contributed by atoms with Crippen LogP contribution in [0.15, 0.2) is 47.1 Å². The third kappa shape index (κ3) is 2.48. The minimum absolute atomic E-state index is 0.0464. The SMILES string of the molecule is O=C(O)c1ccccc1-c1nnc(-c2cncc(F)c2)o1. The van der Waals surface area contributed by atoms with Gasteiger partial charge < -0.3 is 9.52 Å². The molecule has 0 amide bonds.